The lowest BCUT2D eigenvalue weighted by Gasteiger charge is -2.27. The number of nitrogens with one attached hydrogen (secondary N) is 1. The van der Waals surface area contributed by atoms with Gasteiger partial charge in [0.25, 0.3) is 11.5 Å². The zero-order chi connectivity index (χ0) is 23.5. The van der Waals surface area contributed by atoms with Gasteiger partial charge in [-0.3, -0.25) is 18.9 Å². The fraction of sp³-hybridized carbons (Fsp3) is 0.520. The number of thioether (sulfide) groups is 1. The minimum atomic E-state index is -0.174. The Hall–Kier alpha value is -2.19. The van der Waals surface area contributed by atoms with Crippen LogP contribution in [0.5, 0.6) is 0 Å². The lowest BCUT2D eigenvalue weighted by molar-refractivity contribution is -0.122. The summed E-state index contributed by atoms with van der Waals surface area (Å²) in [5.74, 6) is 1.17. The number of rotatable bonds is 7. The summed E-state index contributed by atoms with van der Waals surface area (Å²) < 4.78 is 2.12. The van der Waals surface area contributed by atoms with Crippen molar-refractivity contribution in [2.24, 2.45) is 5.92 Å². The fourth-order valence-corrected chi connectivity index (χ4v) is 5.73. The van der Waals surface area contributed by atoms with Crippen LogP contribution >= 0.6 is 24.0 Å². The van der Waals surface area contributed by atoms with E-state index >= 15 is 0 Å². The second-order valence-electron chi connectivity index (χ2n) is 9.26. The predicted molar refractivity (Wildman–Crippen MR) is 141 cm³/mol. The molecule has 0 unspecified atom stereocenters. The molecule has 8 heteroatoms. The number of carbonyl (C=O) groups is 1. The van der Waals surface area contributed by atoms with E-state index in [4.69, 9.17) is 17.2 Å². The number of hydrogen-bond acceptors (Lipinski definition) is 6. The molecule has 2 aromatic heterocycles. The number of hydrogen-bond donors (Lipinski definition) is 1. The van der Waals surface area contributed by atoms with Crippen LogP contribution < -0.4 is 10.9 Å². The molecule has 2 aromatic rings. The van der Waals surface area contributed by atoms with Crippen molar-refractivity contribution in [3.05, 3.63) is 44.7 Å². The molecule has 1 N–H and O–H groups in total. The number of fused-ring (bicyclic) bond motifs is 1. The summed E-state index contributed by atoms with van der Waals surface area (Å²) in [7, 11) is 0. The Kier molecular flexibility index (Phi) is 7.54. The standard InChI is InChI=1S/C25H32N4O2S2/c1-4-5-6-13-28-24(31)20(33-25(28)32)14-19-22(26-18-10-7-16(2)8-11-18)27-21-12-9-17(3)15-29(21)23(19)30/h9,12,14-16,18,26H,4-8,10-11,13H2,1-3H3/b20-14+. The normalized spacial score (nSPS) is 22.5. The van der Waals surface area contributed by atoms with Crippen molar-refractivity contribution < 1.29 is 4.79 Å². The van der Waals surface area contributed by atoms with E-state index in [0.29, 0.717) is 32.8 Å². The van der Waals surface area contributed by atoms with Crippen molar-refractivity contribution in [3.63, 3.8) is 0 Å². The van der Waals surface area contributed by atoms with Gasteiger partial charge in [-0.15, -0.1) is 0 Å². The molecule has 6 nitrogen and oxygen atoms in total. The first-order chi connectivity index (χ1) is 15.9. The van der Waals surface area contributed by atoms with Gasteiger partial charge in [-0.1, -0.05) is 56.7 Å². The zero-order valence-corrected chi connectivity index (χ0v) is 21.2. The van der Waals surface area contributed by atoms with Crippen molar-refractivity contribution >= 4 is 51.7 Å². The Morgan fingerprint density at radius 3 is 2.70 bits per heavy atom. The SMILES string of the molecule is CCCCCN1C(=O)/C(=C\c2c(NC3CCC(C)CC3)nc3ccc(C)cn3c2=O)SC1=S. The zero-order valence-electron chi connectivity index (χ0n) is 19.6. The van der Waals surface area contributed by atoms with E-state index in [1.165, 1.54) is 11.8 Å². The molecule has 1 saturated carbocycles. The van der Waals surface area contributed by atoms with Crippen molar-refractivity contribution in [2.75, 3.05) is 11.9 Å². The smallest absolute Gasteiger partial charge is 0.267 e. The Morgan fingerprint density at radius 1 is 1.21 bits per heavy atom. The van der Waals surface area contributed by atoms with Crippen LogP contribution in [0, 0.1) is 12.8 Å². The average molecular weight is 485 g/mol. The highest BCUT2D eigenvalue weighted by atomic mass is 32.2. The lowest BCUT2D eigenvalue weighted by Crippen LogP contribution is -2.29. The van der Waals surface area contributed by atoms with Gasteiger partial charge in [-0.2, -0.15) is 0 Å². The van der Waals surface area contributed by atoms with E-state index in [-0.39, 0.29) is 17.5 Å². The third kappa shape index (κ3) is 5.32. The number of thiocarbonyl (C=S) groups is 1. The predicted octanol–water partition coefficient (Wildman–Crippen LogP) is 5.38. The number of carbonyl (C=O) groups excluding carboxylic acids is 1. The van der Waals surface area contributed by atoms with Crippen LogP contribution in [0.25, 0.3) is 11.7 Å². The molecule has 2 fully saturated rings. The summed E-state index contributed by atoms with van der Waals surface area (Å²) in [5, 5.41) is 3.53. The van der Waals surface area contributed by atoms with E-state index in [2.05, 4.69) is 19.2 Å². The molecule has 0 aromatic carbocycles. The molecule has 3 heterocycles. The van der Waals surface area contributed by atoms with Gasteiger partial charge in [0, 0.05) is 18.8 Å². The van der Waals surface area contributed by atoms with E-state index < -0.39 is 0 Å². The molecule has 0 atom stereocenters. The molecule has 4 rings (SSSR count). The third-order valence-electron chi connectivity index (χ3n) is 6.50. The van der Waals surface area contributed by atoms with Gasteiger partial charge in [0.15, 0.2) is 0 Å². The molecule has 2 aliphatic rings. The number of aryl methyl sites for hydroxylation is 1. The van der Waals surface area contributed by atoms with Crippen molar-refractivity contribution in [1.29, 1.82) is 0 Å². The minimum Gasteiger partial charge on any atom is -0.367 e. The molecule has 0 radical (unpaired) electrons. The van der Waals surface area contributed by atoms with Crippen LogP contribution in [-0.4, -0.2) is 37.1 Å². The Morgan fingerprint density at radius 2 is 1.97 bits per heavy atom. The van der Waals surface area contributed by atoms with Gasteiger partial charge < -0.3 is 5.32 Å². The highest BCUT2D eigenvalue weighted by Crippen LogP contribution is 2.34. The molecule has 0 spiro atoms. The summed E-state index contributed by atoms with van der Waals surface area (Å²) in [6, 6.07) is 4.09. The van der Waals surface area contributed by atoms with Crippen molar-refractivity contribution in [2.45, 2.75) is 71.8 Å². The van der Waals surface area contributed by atoms with Gasteiger partial charge in [-0.25, -0.2) is 4.98 Å². The van der Waals surface area contributed by atoms with Crippen LogP contribution in [0.1, 0.15) is 69.9 Å². The topological polar surface area (TPSA) is 66.7 Å². The molecule has 0 bridgehead atoms. The van der Waals surface area contributed by atoms with Gasteiger partial charge >= 0.3 is 0 Å². The third-order valence-corrected chi connectivity index (χ3v) is 7.87. The van der Waals surface area contributed by atoms with E-state index in [9.17, 15) is 9.59 Å². The summed E-state index contributed by atoms with van der Waals surface area (Å²) >= 11 is 6.75. The first kappa shape index (κ1) is 24.0. The molecule has 176 valence electrons. The van der Waals surface area contributed by atoms with E-state index in [0.717, 1.165) is 56.4 Å². The fourth-order valence-electron chi connectivity index (χ4n) is 4.44. The van der Waals surface area contributed by atoms with E-state index in [1.54, 1.807) is 21.6 Å². The number of amides is 1. The second-order valence-corrected chi connectivity index (χ2v) is 10.9. The van der Waals surface area contributed by atoms with Gasteiger partial charge in [0.2, 0.25) is 0 Å². The van der Waals surface area contributed by atoms with Crippen LogP contribution in [0.3, 0.4) is 0 Å². The molecule has 1 saturated heterocycles. The Bertz CT molecular complexity index is 1150. The summed E-state index contributed by atoms with van der Waals surface area (Å²) in [6.07, 6.45) is 11.0. The van der Waals surface area contributed by atoms with Crippen LogP contribution in [0.2, 0.25) is 0 Å². The quantitative estimate of drug-likeness (QED) is 0.323. The first-order valence-corrected chi connectivity index (χ1v) is 13.1. The van der Waals surface area contributed by atoms with Gasteiger partial charge in [-0.05, 0) is 62.7 Å². The van der Waals surface area contributed by atoms with Crippen LogP contribution in [0.15, 0.2) is 28.0 Å². The summed E-state index contributed by atoms with van der Waals surface area (Å²) in [6.45, 7) is 6.98. The maximum absolute atomic E-state index is 13.5. The lowest BCUT2D eigenvalue weighted by atomic mass is 9.87. The number of aromatic nitrogens is 2. The Balaban J connectivity index is 1.72. The van der Waals surface area contributed by atoms with Gasteiger partial charge in [0.1, 0.15) is 15.8 Å². The molecule has 1 aliphatic carbocycles. The second kappa shape index (κ2) is 10.4. The number of unbranched alkanes of at least 4 members (excludes halogenated alkanes) is 2. The molecule has 33 heavy (non-hydrogen) atoms. The minimum absolute atomic E-state index is 0.118. The number of anilines is 1. The Labute approximate surface area is 204 Å². The molecular formula is C25H32N4O2S2. The first-order valence-electron chi connectivity index (χ1n) is 11.9. The number of pyridine rings is 1. The van der Waals surface area contributed by atoms with Crippen molar-refractivity contribution in [1.82, 2.24) is 14.3 Å². The highest BCUT2D eigenvalue weighted by Gasteiger charge is 2.32. The molecular weight excluding hydrogens is 452 g/mol. The molecule has 1 aliphatic heterocycles. The van der Waals surface area contributed by atoms with Gasteiger partial charge in [0.05, 0.1) is 10.5 Å². The average Bonchev–Trinajstić information content (AvgIpc) is 3.06. The number of nitrogens with zero attached hydrogens (tertiary/aromatic N) is 3. The summed E-state index contributed by atoms with van der Waals surface area (Å²) in [4.78, 5) is 33.6. The maximum Gasteiger partial charge on any atom is 0.267 e. The highest BCUT2D eigenvalue weighted by molar-refractivity contribution is 8.26. The molecule has 1 amide bonds. The van der Waals surface area contributed by atoms with Crippen LogP contribution in [0.4, 0.5) is 5.82 Å². The summed E-state index contributed by atoms with van der Waals surface area (Å²) in [5.41, 5.74) is 1.82. The van der Waals surface area contributed by atoms with Crippen molar-refractivity contribution in [3.8, 4) is 0 Å². The monoisotopic (exact) mass is 484 g/mol. The van der Waals surface area contributed by atoms with Crippen LogP contribution in [-0.2, 0) is 4.79 Å². The largest absolute Gasteiger partial charge is 0.367 e. The van der Waals surface area contributed by atoms with E-state index in [1.807, 2.05) is 19.1 Å². The maximum atomic E-state index is 13.5.